The molecule has 7 nitrogen and oxygen atoms in total. The van der Waals surface area contributed by atoms with Gasteiger partial charge in [-0.05, 0) is 5.92 Å². The number of hydrogen-bond donors (Lipinski definition) is 4. The number of hydrogen-bond acceptors (Lipinski definition) is 4. The number of carbonyl (C=O) groups is 2. The Hall–Kier alpha value is -1.34. The van der Waals surface area contributed by atoms with Gasteiger partial charge in [-0.1, -0.05) is 13.8 Å². The minimum Gasteiger partial charge on any atom is -0.479 e. The molecule has 0 rings (SSSR count). The van der Waals surface area contributed by atoms with Crippen LogP contribution in [0.1, 0.15) is 20.3 Å². The van der Waals surface area contributed by atoms with Crippen LogP contribution in [0.15, 0.2) is 0 Å². The molecule has 4 N–H and O–H groups in total. The molecule has 7 heteroatoms. The molecular formula is C11H22N2O5. The van der Waals surface area contributed by atoms with Crippen LogP contribution in [0.2, 0.25) is 0 Å². The summed E-state index contributed by atoms with van der Waals surface area (Å²) in [4.78, 5) is 21.5. The molecule has 0 unspecified atom stereocenters. The largest absolute Gasteiger partial charge is 0.479 e. The zero-order valence-corrected chi connectivity index (χ0v) is 10.8. The van der Waals surface area contributed by atoms with Crippen molar-refractivity contribution < 1.29 is 24.5 Å². The summed E-state index contributed by atoms with van der Waals surface area (Å²) in [6.07, 6.45) is -1.47. The van der Waals surface area contributed by atoms with Crippen molar-refractivity contribution in [3.05, 3.63) is 0 Å². The normalized spacial score (nSPS) is 12.2. The molecule has 0 aromatic carbocycles. The molecule has 0 saturated heterocycles. The van der Waals surface area contributed by atoms with Gasteiger partial charge in [0.1, 0.15) is 0 Å². The van der Waals surface area contributed by atoms with Gasteiger partial charge in [0.15, 0.2) is 6.10 Å². The van der Waals surface area contributed by atoms with Crippen molar-refractivity contribution in [3.63, 3.8) is 0 Å². The van der Waals surface area contributed by atoms with Crippen molar-refractivity contribution in [2.75, 3.05) is 26.3 Å². The highest BCUT2D eigenvalue weighted by Gasteiger charge is 2.12. The molecule has 18 heavy (non-hydrogen) atoms. The van der Waals surface area contributed by atoms with Crippen molar-refractivity contribution in [1.82, 2.24) is 10.6 Å². The monoisotopic (exact) mass is 262 g/mol. The van der Waals surface area contributed by atoms with Gasteiger partial charge in [0.2, 0.25) is 0 Å². The molecule has 0 bridgehead atoms. The zero-order valence-electron chi connectivity index (χ0n) is 10.8. The molecule has 2 amide bonds. The number of nitrogens with one attached hydrogen (secondary N) is 2. The first-order chi connectivity index (χ1) is 8.43. The van der Waals surface area contributed by atoms with Gasteiger partial charge >= 0.3 is 12.0 Å². The molecule has 0 heterocycles. The van der Waals surface area contributed by atoms with Crippen molar-refractivity contribution in [1.29, 1.82) is 0 Å². The SMILES string of the molecule is CC(C)COCCNC(=O)NCC[C@H](O)C(=O)O. The second kappa shape index (κ2) is 9.67. The van der Waals surface area contributed by atoms with Crippen LogP contribution >= 0.6 is 0 Å². The van der Waals surface area contributed by atoms with Gasteiger partial charge in [0.05, 0.1) is 6.61 Å². The number of carboxylic acids is 1. The number of urea groups is 1. The number of amides is 2. The second-order valence-electron chi connectivity index (χ2n) is 4.29. The highest BCUT2D eigenvalue weighted by atomic mass is 16.5. The van der Waals surface area contributed by atoms with Gasteiger partial charge in [-0.15, -0.1) is 0 Å². The van der Waals surface area contributed by atoms with Gasteiger partial charge in [-0.3, -0.25) is 0 Å². The predicted molar refractivity (Wildman–Crippen MR) is 65.3 cm³/mol. The molecule has 1 atom stereocenters. The maximum atomic E-state index is 11.2. The predicted octanol–water partition coefficient (Wildman–Crippen LogP) is -0.206. The Morgan fingerprint density at radius 3 is 2.39 bits per heavy atom. The van der Waals surface area contributed by atoms with Crippen LogP contribution in [0.3, 0.4) is 0 Å². The number of ether oxygens (including phenoxy) is 1. The summed E-state index contributed by atoms with van der Waals surface area (Å²) >= 11 is 0. The molecule has 0 saturated carbocycles. The molecule has 0 aromatic heterocycles. The van der Waals surface area contributed by atoms with E-state index >= 15 is 0 Å². The Labute approximate surface area is 107 Å². The summed E-state index contributed by atoms with van der Waals surface area (Å²) < 4.78 is 5.26. The first kappa shape index (κ1) is 16.7. The molecular weight excluding hydrogens is 240 g/mol. The fourth-order valence-electron chi connectivity index (χ4n) is 1.06. The Kier molecular flexibility index (Phi) is 8.95. The average Bonchev–Trinajstić information content (AvgIpc) is 2.27. The average molecular weight is 262 g/mol. The molecule has 0 aliphatic heterocycles. The van der Waals surface area contributed by atoms with Crippen molar-refractivity contribution >= 4 is 12.0 Å². The Bertz CT molecular complexity index is 258. The number of carboxylic acid groups (broad SMARTS) is 1. The maximum absolute atomic E-state index is 11.2. The first-order valence-corrected chi connectivity index (χ1v) is 5.93. The molecule has 0 aromatic rings. The van der Waals surface area contributed by atoms with Crippen LogP contribution in [-0.4, -0.2) is 54.6 Å². The van der Waals surface area contributed by atoms with Crippen LogP contribution in [0, 0.1) is 5.92 Å². The minimum atomic E-state index is -1.44. The molecule has 0 aliphatic carbocycles. The molecule has 106 valence electrons. The molecule has 0 radical (unpaired) electrons. The van der Waals surface area contributed by atoms with Gasteiger partial charge in [0.25, 0.3) is 0 Å². The van der Waals surface area contributed by atoms with Crippen LogP contribution < -0.4 is 10.6 Å². The molecule has 0 spiro atoms. The van der Waals surface area contributed by atoms with E-state index in [2.05, 4.69) is 10.6 Å². The minimum absolute atomic E-state index is 0.0212. The van der Waals surface area contributed by atoms with E-state index in [1.165, 1.54) is 0 Å². The summed E-state index contributed by atoms with van der Waals surface area (Å²) in [7, 11) is 0. The summed E-state index contributed by atoms with van der Waals surface area (Å²) in [5.41, 5.74) is 0. The van der Waals surface area contributed by atoms with Crippen molar-refractivity contribution in [2.45, 2.75) is 26.4 Å². The Balaban J connectivity index is 3.41. The molecule has 0 fully saturated rings. The fourth-order valence-corrected chi connectivity index (χ4v) is 1.06. The van der Waals surface area contributed by atoms with E-state index in [0.717, 1.165) is 0 Å². The summed E-state index contributed by atoms with van der Waals surface area (Å²) in [6, 6.07) is -0.402. The van der Waals surface area contributed by atoms with E-state index < -0.39 is 18.1 Å². The standard InChI is InChI=1S/C11H22N2O5/c1-8(2)7-18-6-5-13-11(17)12-4-3-9(14)10(15)16/h8-9,14H,3-7H2,1-2H3,(H,15,16)(H2,12,13,17)/t9-/m0/s1. The van der Waals surface area contributed by atoms with Crippen LogP contribution in [0.25, 0.3) is 0 Å². The van der Waals surface area contributed by atoms with E-state index in [4.69, 9.17) is 14.9 Å². The molecule has 0 aliphatic rings. The number of aliphatic hydroxyl groups is 1. The third-order valence-electron chi connectivity index (χ3n) is 1.97. The van der Waals surface area contributed by atoms with E-state index in [0.29, 0.717) is 25.7 Å². The van der Waals surface area contributed by atoms with Crippen molar-refractivity contribution in [2.24, 2.45) is 5.92 Å². The topological polar surface area (TPSA) is 108 Å². The summed E-state index contributed by atoms with van der Waals surface area (Å²) in [5, 5.41) is 22.3. The van der Waals surface area contributed by atoms with Crippen LogP contribution in [-0.2, 0) is 9.53 Å². The van der Waals surface area contributed by atoms with Gasteiger partial charge in [-0.25, -0.2) is 9.59 Å². The van der Waals surface area contributed by atoms with E-state index in [1.807, 2.05) is 13.8 Å². The number of aliphatic hydroxyl groups excluding tert-OH is 1. The fraction of sp³-hybridized carbons (Fsp3) is 0.818. The lowest BCUT2D eigenvalue weighted by atomic mass is 10.2. The highest BCUT2D eigenvalue weighted by molar-refractivity contribution is 5.74. The smallest absolute Gasteiger partial charge is 0.332 e. The van der Waals surface area contributed by atoms with Crippen LogP contribution in [0.5, 0.6) is 0 Å². The Morgan fingerprint density at radius 1 is 1.22 bits per heavy atom. The third kappa shape index (κ3) is 9.86. The third-order valence-corrected chi connectivity index (χ3v) is 1.97. The number of rotatable bonds is 9. The van der Waals surface area contributed by atoms with Gasteiger partial charge in [-0.2, -0.15) is 0 Å². The van der Waals surface area contributed by atoms with E-state index in [1.54, 1.807) is 0 Å². The maximum Gasteiger partial charge on any atom is 0.332 e. The highest BCUT2D eigenvalue weighted by Crippen LogP contribution is 1.91. The first-order valence-electron chi connectivity index (χ1n) is 5.93. The zero-order chi connectivity index (χ0) is 14.0. The van der Waals surface area contributed by atoms with E-state index in [-0.39, 0.29) is 13.0 Å². The van der Waals surface area contributed by atoms with Gasteiger partial charge in [0, 0.05) is 26.1 Å². The quantitative estimate of drug-likeness (QED) is 0.430. The summed E-state index contributed by atoms with van der Waals surface area (Å²) in [6.45, 7) is 5.64. The number of carbonyl (C=O) groups excluding carboxylic acids is 1. The lowest BCUT2D eigenvalue weighted by Gasteiger charge is -2.10. The van der Waals surface area contributed by atoms with Gasteiger partial charge < -0.3 is 25.6 Å². The summed E-state index contributed by atoms with van der Waals surface area (Å²) in [5.74, 6) is -0.837. The Morgan fingerprint density at radius 2 is 1.83 bits per heavy atom. The second-order valence-corrected chi connectivity index (χ2v) is 4.29. The number of aliphatic carboxylic acids is 1. The van der Waals surface area contributed by atoms with E-state index in [9.17, 15) is 9.59 Å². The van der Waals surface area contributed by atoms with Crippen molar-refractivity contribution in [3.8, 4) is 0 Å². The lowest BCUT2D eigenvalue weighted by Crippen LogP contribution is -2.39. The lowest BCUT2D eigenvalue weighted by molar-refractivity contribution is -0.146. The van der Waals surface area contributed by atoms with Crippen LogP contribution in [0.4, 0.5) is 4.79 Å².